The van der Waals surface area contributed by atoms with Crippen LogP contribution in [0.3, 0.4) is 0 Å². The van der Waals surface area contributed by atoms with Gasteiger partial charge in [-0.15, -0.1) is 0 Å². The first-order valence-electron chi connectivity index (χ1n) is 5.21. The fraction of sp³-hybridized carbons (Fsp3) is 1.00. The number of rotatable bonds is 6. The summed E-state index contributed by atoms with van der Waals surface area (Å²) in [4.78, 5) is 0. The van der Waals surface area contributed by atoms with E-state index in [0.29, 0.717) is 6.42 Å². The van der Waals surface area contributed by atoms with Crippen LogP contribution in [0, 0.1) is 5.41 Å². The molecular formula is C10H24N2O3. The van der Waals surface area contributed by atoms with Crippen LogP contribution in [0.2, 0.25) is 0 Å². The van der Waals surface area contributed by atoms with E-state index in [1.165, 1.54) is 0 Å². The van der Waals surface area contributed by atoms with Gasteiger partial charge in [0.25, 0.3) is 0 Å². The third-order valence-corrected chi connectivity index (χ3v) is 3.17. The molecule has 0 fully saturated rings. The van der Waals surface area contributed by atoms with E-state index in [2.05, 4.69) is 0 Å². The molecule has 0 spiro atoms. The van der Waals surface area contributed by atoms with Gasteiger partial charge in [-0.05, 0) is 13.0 Å². The predicted molar refractivity (Wildman–Crippen MR) is 59.1 cm³/mol. The smallest absolute Gasteiger partial charge is 0.101 e. The van der Waals surface area contributed by atoms with Crippen molar-refractivity contribution < 1.29 is 15.3 Å². The van der Waals surface area contributed by atoms with Crippen molar-refractivity contribution >= 4 is 0 Å². The summed E-state index contributed by atoms with van der Waals surface area (Å²) in [6.45, 7) is 5.10. The lowest BCUT2D eigenvalue weighted by Gasteiger charge is -2.40. The van der Waals surface area contributed by atoms with Crippen LogP contribution in [-0.2, 0) is 0 Å². The lowest BCUT2D eigenvalue weighted by molar-refractivity contribution is -0.0927. The van der Waals surface area contributed by atoms with Gasteiger partial charge >= 0.3 is 0 Å². The second-order valence-electron chi connectivity index (χ2n) is 4.83. The third-order valence-electron chi connectivity index (χ3n) is 3.17. The number of aliphatic hydroxyl groups excluding tert-OH is 3. The molecule has 5 heteroatoms. The van der Waals surface area contributed by atoms with Gasteiger partial charge in [0.1, 0.15) is 6.10 Å². The summed E-state index contributed by atoms with van der Waals surface area (Å²) < 4.78 is 0. The van der Waals surface area contributed by atoms with E-state index in [4.69, 9.17) is 16.6 Å². The minimum atomic E-state index is -1.19. The SMILES string of the molecule is CCC(N)(CO)C(O)C(O)C(C)(C)CN. The van der Waals surface area contributed by atoms with Gasteiger partial charge in [0.05, 0.1) is 18.2 Å². The molecule has 5 nitrogen and oxygen atoms in total. The van der Waals surface area contributed by atoms with Crippen molar-refractivity contribution in [3.63, 3.8) is 0 Å². The Balaban J connectivity index is 4.76. The Kier molecular flexibility index (Phi) is 5.16. The summed E-state index contributed by atoms with van der Waals surface area (Å²) in [7, 11) is 0. The van der Waals surface area contributed by atoms with Crippen LogP contribution in [0.15, 0.2) is 0 Å². The molecule has 0 aliphatic rings. The molecule has 0 saturated carbocycles. The van der Waals surface area contributed by atoms with Crippen molar-refractivity contribution in [1.82, 2.24) is 0 Å². The Morgan fingerprint density at radius 2 is 1.67 bits per heavy atom. The maximum Gasteiger partial charge on any atom is 0.101 e. The first-order valence-corrected chi connectivity index (χ1v) is 5.21. The second-order valence-corrected chi connectivity index (χ2v) is 4.83. The van der Waals surface area contributed by atoms with Gasteiger partial charge < -0.3 is 26.8 Å². The monoisotopic (exact) mass is 220 g/mol. The Morgan fingerprint density at radius 1 is 1.20 bits per heavy atom. The number of hydrogen-bond acceptors (Lipinski definition) is 5. The van der Waals surface area contributed by atoms with Gasteiger partial charge in [-0.1, -0.05) is 20.8 Å². The fourth-order valence-corrected chi connectivity index (χ4v) is 1.28. The second kappa shape index (κ2) is 5.23. The molecule has 0 amide bonds. The number of hydrogen-bond donors (Lipinski definition) is 5. The first kappa shape index (κ1) is 14.8. The maximum absolute atomic E-state index is 9.92. The van der Waals surface area contributed by atoms with Crippen molar-refractivity contribution in [2.45, 2.75) is 44.9 Å². The van der Waals surface area contributed by atoms with Crippen LogP contribution in [0.5, 0.6) is 0 Å². The van der Waals surface area contributed by atoms with E-state index in [1.54, 1.807) is 20.8 Å². The van der Waals surface area contributed by atoms with Gasteiger partial charge in [0.15, 0.2) is 0 Å². The molecule has 0 bridgehead atoms. The zero-order valence-corrected chi connectivity index (χ0v) is 9.77. The highest BCUT2D eigenvalue weighted by molar-refractivity contribution is 4.98. The van der Waals surface area contributed by atoms with E-state index in [9.17, 15) is 10.2 Å². The average Bonchev–Trinajstić information content (AvgIpc) is 2.25. The standard InChI is InChI=1S/C10H24N2O3/c1-4-10(12,6-13)8(15)7(14)9(2,3)5-11/h7-8,13-15H,4-6,11-12H2,1-3H3. The molecule has 0 aliphatic heterocycles. The Labute approximate surface area is 91.1 Å². The highest BCUT2D eigenvalue weighted by Crippen LogP contribution is 2.26. The molecular weight excluding hydrogens is 196 g/mol. The van der Waals surface area contributed by atoms with Crippen LogP contribution >= 0.6 is 0 Å². The summed E-state index contributed by atoms with van der Waals surface area (Å²) in [5.41, 5.74) is 9.48. The minimum Gasteiger partial charge on any atom is -0.394 e. The predicted octanol–water partition coefficient (Wildman–Crippen LogP) is -1.21. The van der Waals surface area contributed by atoms with E-state index in [0.717, 1.165) is 0 Å². The molecule has 7 N–H and O–H groups in total. The summed E-state index contributed by atoms with van der Waals surface area (Å²) in [5.74, 6) is 0. The van der Waals surface area contributed by atoms with E-state index in [1.807, 2.05) is 0 Å². The molecule has 0 aromatic rings. The molecule has 0 heterocycles. The van der Waals surface area contributed by atoms with E-state index < -0.39 is 23.2 Å². The highest BCUT2D eigenvalue weighted by atomic mass is 16.3. The molecule has 0 rings (SSSR count). The molecule has 92 valence electrons. The summed E-state index contributed by atoms with van der Waals surface area (Å²) in [5, 5.41) is 29.0. The third kappa shape index (κ3) is 3.12. The maximum atomic E-state index is 9.92. The van der Waals surface area contributed by atoms with Crippen molar-refractivity contribution in [3.8, 4) is 0 Å². The fourth-order valence-electron chi connectivity index (χ4n) is 1.28. The molecule has 0 aromatic heterocycles. The minimum absolute atomic E-state index is 0.233. The zero-order valence-electron chi connectivity index (χ0n) is 9.77. The topological polar surface area (TPSA) is 113 Å². The van der Waals surface area contributed by atoms with Gasteiger partial charge in [-0.3, -0.25) is 0 Å². The first-order chi connectivity index (χ1) is 6.75. The normalized spacial score (nSPS) is 20.8. The van der Waals surface area contributed by atoms with Crippen LogP contribution < -0.4 is 11.5 Å². The van der Waals surface area contributed by atoms with Crippen LogP contribution in [-0.4, -0.2) is 46.2 Å². The van der Waals surface area contributed by atoms with Gasteiger partial charge in [0, 0.05) is 5.41 Å². The van der Waals surface area contributed by atoms with Crippen molar-refractivity contribution in [2.24, 2.45) is 16.9 Å². The highest BCUT2D eigenvalue weighted by Gasteiger charge is 2.42. The van der Waals surface area contributed by atoms with Crippen LogP contribution in [0.4, 0.5) is 0 Å². The van der Waals surface area contributed by atoms with E-state index >= 15 is 0 Å². The van der Waals surface area contributed by atoms with Crippen LogP contribution in [0.25, 0.3) is 0 Å². The van der Waals surface area contributed by atoms with Crippen molar-refractivity contribution in [3.05, 3.63) is 0 Å². The Morgan fingerprint density at radius 3 is 1.93 bits per heavy atom. The average molecular weight is 220 g/mol. The van der Waals surface area contributed by atoms with Gasteiger partial charge in [0.2, 0.25) is 0 Å². The number of nitrogens with two attached hydrogens (primary N) is 2. The lowest BCUT2D eigenvalue weighted by Crippen LogP contribution is -2.61. The molecule has 15 heavy (non-hydrogen) atoms. The zero-order chi connectivity index (χ0) is 12.3. The van der Waals surface area contributed by atoms with Crippen molar-refractivity contribution in [2.75, 3.05) is 13.2 Å². The number of aliphatic hydroxyl groups is 3. The quantitative estimate of drug-likeness (QED) is 0.385. The van der Waals surface area contributed by atoms with E-state index in [-0.39, 0.29) is 13.2 Å². The van der Waals surface area contributed by atoms with Gasteiger partial charge in [-0.2, -0.15) is 0 Å². The Bertz CT molecular complexity index is 193. The summed E-state index contributed by atoms with van der Waals surface area (Å²) >= 11 is 0. The molecule has 3 unspecified atom stereocenters. The molecule has 0 saturated heterocycles. The molecule has 3 atom stereocenters. The largest absolute Gasteiger partial charge is 0.394 e. The molecule has 0 aromatic carbocycles. The van der Waals surface area contributed by atoms with Crippen LogP contribution in [0.1, 0.15) is 27.2 Å². The summed E-state index contributed by atoms with van der Waals surface area (Å²) in [6.07, 6.45) is -1.87. The van der Waals surface area contributed by atoms with Crippen molar-refractivity contribution in [1.29, 1.82) is 0 Å². The van der Waals surface area contributed by atoms with Gasteiger partial charge in [-0.25, -0.2) is 0 Å². The lowest BCUT2D eigenvalue weighted by atomic mass is 9.76. The molecule has 0 aliphatic carbocycles. The Hall–Kier alpha value is -0.200. The summed E-state index contributed by atoms with van der Waals surface area (Å²) in [6, 6.07) is 0. The molecule has 0 radical (unpaired) electrons.